The van der Waals surface area contributed by atoms with E-state index < -0.39 is 0 Å². The molecule has 1 aliphatic heterocycles. The van der Waals surface area contributed by atoms with Crippen molar-refractivity contribution < 1.29 is 9.59 Å². The largest absolute Gasteiger partial charge is 0.294 e. The minimum Gasteiger partial charge on any atom is -0.294 e. The predicted molar refractivity (Wildman–Crippen MR) is 69.6 cm³/mol. The summed E-state index contributed by atoms with van der Waals surface area (Å²) in [6, 6.07) is 5.09. The zero-order chi connectivity index (χ0) is 13.3. The van der Waals surface area contributed by atoms with Crippen LogP contribution in [0.5, 0.6) is 0 Å². The number of halogens is 2. The first-order valence-electron chi connectivity index (χ1n) is 5.49. The zero-order valence-electron chi connectivity index (χ0n) is 9.74. The van der Waals surface area contributed by atoms with Gasteiger partial charge in [0.1, 0.15) is 0 Å². The number of amides is 2. The van der Waals surface area contributed by atoms with Crippen molar-refractivity contribution in [3.8, 4) is 0 Å². The number of nitrogens with zero attached hydrogens (tertiary/aromatic N) is 1. The van der Waals surface area contributed by atoms with E-state index in [1.54, 1.807) is 17.0 Å². The molecule has 1 aliphatic rings. The molecule has 0 aliphatic carbocycles. The first kappa shape index (κ1) is 13.3. The van der Waals surface area contributed by atoms with Crippen LogP contribution in [0.15, 0.2) is 18.2 Å². The van der Waals surface area contributed by atoms with Crippen molar-refractivity contribution in [1.29, 1.82) is 0 Å². The molecule has 1 unspecified atom stereocenters. The van der Waals surface area contributed by atoms with E-state index in [-0.39, 0.29) is 30.9 Å². The lowest BCUT2D eigenvalue weighted by atomic mass is 10.1. The molecule has 1 saturated heterocycles. The number of imide groups is 1. The Balaban J connectivity index is 2.22. The highest BCUT2D eigenvalue weighted by molar-refractivity contribution is 6.35. The molecule has 0 aromatic heterocycles. The normalized spacial score (nSPS) is 18.6. The molecular weight excluding hydrogens is 275 g/mol. The summed E-state index contributed by atoms with van der Waals surface area (Å²) in [7, 11) is 0. The number of benzene rings is 1. The lowest BCUT2D eigenvalue weighted by molar-refractivity contribution is -0.137. The summed E-state index contributed by atoms with van der Waals surface area (Å²) >= 11 is 12.0. The minimum absolute atomic E-state index is 0.121. The van der Waals surface area contributed by atoms with Gasteiger partial charge >= 0.3 is 0 Å². The summed E-state index contributed by atoms with van der Waals surface area (Å²) < 4.78 is 0. The topological polar surface area (TPSA) is 49.4 Å². The molecule has 1 atom stereocenters. The van der Waals surface area contributed by atoms with Gasteiger partial charge in [0.2, 0.25) is 11.8 Å². The Morgan fingerprint density at radius 3 is 2.39 bits per heavy atom. The van der Waals surface area contributed by atoms with Crippen molar-refractivity contribution >= 4 is 35.0 Å². The van der Waals surface area contributed by atoms with Gasteiger partial charge in [0.05, 0.1) is 13.1 Å². The van der Waals surface area contributed by atoms with Crippen molar-refractivity contribution in [3.63, 3.8) is 0 Å². The molecule has 2 rings (SSSR count). The third-order valence-electron chi connectivity index (χ3n) is 2.93. The van der Waals surface area contributed by atoms with Crippen LogP contribution in [0.2, 0.25) is 10.0 Å². The number of piperazine rings is 1. The fourth-order valence-corrected chi connectivity index (χ4v) is 2.54. The predicted octanol–water partition coefficient (Wildman–Crippen LogP) is 2.01. The number of rotatable bonds is 2. The fraction of sp³-hybridized carbons (Fsp3) is 0.333. The van der Waals surface area contributed by atoms with Crippen molar-refractivity contribution in [2.75, 3.05) is 13.1 Å². The maximum atomic E-state index is 11.3. The van der Waals surface area contributed by atoms with Gasteiger partial charge in [0, 0.05) is 16.1 Å². The van der Waals surface area contributed by atoms with E-state index in [0.717, 1.165) is 5.56 Å². The number of nitrogens with one attached hydrogen (secondary N) is 1. The van der Waals surface area contributed by atoms with E-state index in [1.807, 2.05) is 13.0 Å². The SMILES string of the molecule is CC(c1ccc(Cl)cc1Cl)N1CC(=O)NC(=O)C1. The molecule has 0 saturated carbocycles. The summed E-state index contributed by atoms with van der Waals surface area (Å²) in [5, 5.41) is 3.36. The zero-order valence-corrected chi connectivity index (χ0v) is 11.3. The molecule has 0 spiro atoms. The maximum absolute atomic E-state index is 11.3. The van der Waals surface area contributed by atoms with Crippen LogP contribution in [0.4, 0.5) is 0 Å². The first-order valence-corrected chi connectivity index (χ1v) is 6.24. The van der Waals surface area contributed by atoms with Crippen LogP contribution in [0.25, 0.3) is 0 Å². The van der Waals surface area contributed by atoms with E-state index in [9.17, 15) is 9.59 Å². The molecule has 1 N–H and O–H groups in total. The van der Waals surface area contributed by atoms with Crippen molar-refractivity contribution in [3.05, 3.63) is 33.8 Å². The van der Waals surface area contributed by atoms with Crippen molar-refractivity contribution in [2.24, 2.45) is 0 Å². The second-order valence-corrected chi connectivity index (χ2v) is 5.06. The fourth-order valence-electron chi connectivity index (χ4n) is 1.97. The molecule has 18 heavy (non-hydrogen) atoms. The molecule has 96 valence electrons. The lowest BCUT2D eigenvalue weighted by Gasteiger charge is -2.31. The molecule has 2 amide bonds. The van der Waals surface area contributed by atoms with Gasteiger partial charge in [-0.15, -0.1) is 0 Å². The number of hydrogen-bond acceptors (Lipinski definition) is 3. The van der Waals surface area contributed by atoms with Gasteiger partial charge in [-0.3, -0.25) is 19.8 Å². The summed E-state index contributed by atoms with van der Waals surface area (Å²) in [5.41, 5.74) is 0.851. The Morgan fingerprint density at radius 1 is 1.22 bits per heavy atom. The molecule has 1 heterocycles. The Hall–Kier alpha value is -1.10. The van der Waals surface area contributed by atoms with Gasteiger partial charge in [-0.2, -0.15) is 0 Å². The quantitative estimate of drug-likeness (QED) is 0.847. The average Bonchev–Trinajstić information content (AvgIpc) is 2.26. The highest BCUT2D eigenvalue weighted by Gasteiger charge is 2.27. The highest BCUT2D eigenvalue weighted by Crippen LogP contribution is 2.29. The van der Waals surface area contributed by atoms with Crippen LogP contribution in [-0.2, 0) is 9.59 Å². The van der Waals surface area contributed by atoms with Gasteiger partial charge in [0.25, 0.3) is 0 Å². The summed E-state index contributed by atoms with van der Waals surface area (Å²) in [4.78, 5) is 24.4. The third-order valence-corrected chi connectivity index (χ3v) is 3.49. The summed E-state index contributed by atoms with van der Waals surface area (Å²) in [5.74, 6) is -0.577. The van der Waals surface area contributed by atoms with Crippen LogP contribution in [0, 0.1) is 0 Å². The number of hydrogen-bond donors (Lipinski definition) is 1. The molecule has 4 nitrogen and oxygen atoms in total. The van der Waals surface area contributed by atoms with Gasteiger partial charge in [-0.1, -0.05) is 29.3 Å². The van der Waals surface area contributed by atoms with E-state index in [1.165, 1.54) is 0 Å². The number of carbonyl (C=O) groups is 2. The van der Waals surface area contributed by atoms with Crippen LogP contribution in [-0.4, -0.2) is 29.8 Å². The van der Waals surface area contributed by atoms with E-state index in [0.29, 0.717) is 10.0 Å². The van der Waals surface area contributed by atoms with Crippen LogP contribution >= 0.6 is 23.2 Å². The van der Waals surface area contributed by atoms with Gasteiger partial charge in [-0.05, 0) is 24.6 Å². The third kappa shape index (κ3) is 2.83. The van der Waals surface area contributed by atoms with Crippen LogP contribution < -0.4 is 5.32 Å². The van der Waals surface area contributed by atoms with E-state index >= 15 is 0 Å². The molecular formula is C12H12Cl2N2O2. The standard InChI is InChI=1S/C12H12Cl2N2O2/c1-7(9-3-2-8(13)4-10(9)14)16-5-11(17)15-12(18)6-16/h2-4,7H,5-6H2,1H3,(H,15,17,18). The van der Waals surface area contributed by atoms with E-state index in [2.05, 4.69) is 5.32 Å². The second kappa shape index (κ2) is 5.26. The molecule has 1 aromatic rings. The smallest absolute Gasteiger partial charge is 0.240 e. The van der Waals surface area contributed by atoms with Gasteiger partial charge < -0.3 is 0 Å². The Kier molecular flexibility index (Phi) is 3.90. The van der Waals surface area contributed by atoms with Crippen LogP contribution in [0.3, 0.4) is 0 Å². The van der Waals surface area contributed by atoms with Crippen molar-refractivity contribution in [2.45, 2.75) is 13.0 Å². The minimum atomic E-state index is -0.289. The summed E-state index contributed by atoms with van der Waals surface area (Å²) in [6.45, 7) is 2.28. The molecule has 1 aromatic carbocycles. The highest BCUT2D eigenvalue weighted by atomic mass is 35.5. The van der Waals surface area contributed by atoms with E-state index in [4.69, 9.17) is 23.2 Å². The van der Waals surface area contributed by atoms with Gasteiger partial charge in [0.15, 0.2) is 0 Å². The second-order valence-electron chi connectivity index (χ2n) is 4.22. The molecule has 1 fully saturated rings. The van der Waals surface area contributed by atoms with Crippen molar-refractivity contribution in [1.82, 2.24) is 10.2 Å². The monoisotopic (exact) mass is 286 g/mol. The van der Waals surface area contributed by atoms with Crippen LogP contribution in [0.1, 0.15) is 18.5 Å². The number of carbonyl (C=O) groups excluding carboxylic acids is 2. The summed E-state index contributed by atoms with van der Waals surface area (Å²) in [6.07, 6.45) is 0. The lowest BCUT2D eigenvalue weighted by Crippen LogP contribution is -2.51. The Bertz CT molecular complexity index is 489. The Labute approximate surface area is 115 Å². The molecule has 0 bridgehead atoms. The van der Waals surface area contributed by atoms with Gasteiger partial charge in [-0.25, -0.2) is 0 Å². The average molecular weight is 287 g/mol. The first-order chi connectivity index (χ1) is 8.47. The maximum Gasteiger partial charge on any atom is 0.240 e. The molecule has 6 heteroatoms. The molecule has 0 radical (unpaired) electrons. The Morgan fingerprint density at radius 2 is 1.83 bits per heavy atom.